The summed E-state index contributed by atoms with van der Waals surface area (Å²) in [6.07, 6.45) is 4.07. The molecule has 0 saturated carbocycles. The first-order valence-electron chi connectivity index (χ1n) is 7.74. The molecule has 1 unspecified atom stereocenters. The number of pyridine rings is 2. The Hall–Kier alpha value is -1.80. The first-order chi connectivity index (χ1) is 11.4. The lowest BCUT2D eigenvalue weighted by Gasteiger charge is -2.11. The fourth-order valence-electron chi connectivity index (χ4n) is 2.23. The fraction of sp³-hybridized carbons (Fsp3) is 0.375. The molecule has 6 nitrogen and oxygen atoms in total. The molecule has 0 amide bonds. The van der Waals surface area contributed by atoms with Crippen LogP contribution in [0, 0.1) is 0 Å². The van der Waals surface area contributed by atoms with Crippen LogP contribution in [0.25, 0.3) is 0 Å². The van der Waals surface area contributed by atoms with E-state index in [1.807, 2.05) is 27.7 Å². The van der Waals surface area contributed by atoms with Gasteiger partial charge < -0.3 is 0 Å². The highest BCUT2D eigenvalue weighted by Gasteiger charge is 2.43. The fourth-order valence-corrected chi connectivity index (χ4v) is 6.43. The van der Waals surface area contributed by atoms with Crippen molar-refractivity contribution in [2.45, 2.75) is 42.9 Å². The van der Waals surface area contributed by atoms with Crippen LogP contribution in [0.4, 0.5) is 0 Å². The Morgan fingerprint density at radius 3 is 2.17 bits per heavy atom. The summed E-state index contributed by atoms with van der Waals surface area (Å²) in [6.45, 7) is 8.00. The largest absolute Gasteiger partial charge is 0.265 e. The number of fused-ring (bicyclic) bond motifs is 1. The zero-order chi connectivity index (χ0) is 18.4. The van der Waals surface area contributed by atoms with Gasteiger partial charge in [0.25, 0.3) is 0 Å². The van der Waals surface area contributed by atoms with Gasteiger partial charge in [-0.3, -0.25) is 4.98 Å². The summed E-state index contributed by atoms with van der Waals surface area (Å²) in [6, 6.07) is 5.75. The Morgan fingerprint density at radius 1 is 1.00 bits per heavy atom. The summed E-state index contributed by atoms with van der Waals surface area (Å²) in [5.41, 5.74) is 0.240. The molecule has 1 aliphatic rings. The van der Waals surface area contributed by atoms with Crippen molar-refractivity contribution in [3.8, 4) is 0 Å². The third-order valence-corrected chi connectivity index (χ3v) is 7.18. The van der Waals surface area contributed by atoms with Crippen LogP contribution >= 0.6 is 0 Å². The van der Waals surface area contributed by atoms with Crippen LogP contribution in [-0.2, 0) is 19.7 Å². The summed E-state index contributed by atoms with van der Waals surface area (Å²) in [4.78, 5) is 7.63. The minimum absolute atomic E-state index is 0.0596. The summed E-state index contributed by atoms with van der Waals surface area (Å²) < 4.78 is 49.1. The third kappa shape index (κ3) is 3.81. The quantitative estimate of drug-likeness (QED) is 0.807. The second-order valence-electron chi connectivity index (χ2n) is 4.40. The Morgan fingerprint density at radius 2 is 1.58 bits per heavy atom. The molecule has 3 heterocycles. The van der Waals surface area contributed by atoms with E-state index in [9.17, 15) is 16.8 Å². The van der Waals surface area contributed by atoms with Gasteiger partial charge in [-0.15, -0.1) is 0 Å². The van der Waals surface area contributed by atoms with Crippen molar-refractivity contribution in [3.63, 3.8) is 0 Å². The minimum Gasteiger partial charge on any atom is -0.265 e. The number of hydrogen-bond acceptors (Lipinski definition) is 6. The van der Waals surface area contributed by atoms with Crippen LogP contribution in [0.3, 0.4) is 0 Å². The van der Waals surface area contributed by atoms with E-state index in [1.165, 1.54) is 42.9 Å². The van der Waals surface area contributed by atoms with Crippen molar-refractivity contribution >= 4 is 19.7 Å². The third-order valence-electron chi connectivity index (χ3n) is 3.17. The highest BCUT2D eigenvalue weighted by Crippen LogP contribution is 2.39. The lowest BCUT2D eigenvalue weighted by atomic mass is 10.2. The van der Waals surface area contributed by atoms with Gasteiger partial charge in [0.05, 0.1) is 10.6 Å². The molecule has 0 spiro atoms. The van der Waals surface area contributed by atoms with Gasteiger partial charge >= 0.3 is 0 Å². The Kier molecular flexibility index (Phi) is 7.04. The topological polar surface area (TPSA) is 94.1 Å². The SMILES string of the molecule is CC.CC.O=S1(=O)CC(S(=O)(=O)c2ccncc2)c2cccnc21. The summed E-state index contributed by atoms with van der Waals surface area (Å²) in [5.74, 6) is -0.468. The van der Waals surface area contributed by atoms with Crippen molar-refractivity contribution in [2.24, 2.45) is 0 Å². The molecular weight excluding hydrogens is 348 g/mol. The molecule has 0 bridgehead atoms. The molecule has 132 valence electrons. The standard InChI is InChI=1S/C12H10N2O4S2.2C2H6/c15-19(16)8-11(10-2-1-5-14-12(10)19)20(17,18)9-3-6-13-7-4-9;2*1-2/h1-7,11H,8H2;2*1-2H3. The molecule has 3 rings (SSSR count). The van der Waals surface area contributed by atoms with E-state index in [4.69, 9.17) is 0 Å². The van der Waals surface area contributed by atoms with Gasteiger partial charge in [-0.1, -0.05) is 33.8 Å². The maximum Gasteiger partial charge on any atom is 0.197 e. The van der Waals surface area contributed by atoms with Gasteiger partial charge in [0.15, 0.2) is 24.7 Å². The van der Waals surface area contributed by atoms with E-state index in [-0.39, 0.29) is 15.5 Å². The van der Waals surface area contributed by atoms with Crippen LogP contribution in [0.15, 0.2) is 52.8 Å². The zero-order valence-electron chi connectivity index (χ0n) is 14.2. The highest BCUT2D eigenvalue weighted by atomic mass is 32.2. The molecular formula is C16H22N2O4S2. The molecule has 0 aliphatic carbocycles. The van der Waals surface area contributed by atoms with E-state index < -0.39 is 30.7 Å². The number of sulfone groups is 2. The van der Waals surface area contributed by atoms with E-state index in [1.54, 1.807) is 0 Å². The van der Waals surface area contributed by atoms with Crippen LogP contribution < -0.4 is 0 Å². The van der Waals surface area contributed by atoms with Crippen LogP contribution in [-0.4, -0.2) is 32.6 Å². The van der Waals surface area contributed by atoms with E-state index in [0.29, 0.717) is 0 Å². The predicted molar refractivity (Wildman–Crippen MR) is 93.1 cm³/mol. The number of hydrogen-bond donors (Lipinski definition) is 0. The molecule has 0 N–H and O–H groups in total. The minimum atomic E-state index is -3.78. The second-order valence-corrected chi connectivity index (χ2v) is 8.48. The predicted octanol–water partition coefficient (Wildman–Crippen LogP) is 2.83. The second kappa shape index (κ2) is 8.34. The smallest absolute Gasteiger partial charge is 0.197 e. The molecule has 0 aromatic carbocycles. The molecule has 0 saturated heterocycles. The average Bonchev–Trinajstić information content (AvgIpc) is 2.92. The maximum absolute atomic E-state index is 12.6. The van der Waals surface area contributed by atoms with Crippen molar-refractivity contribution in [1.82, 2.24) is 9.97 Å². The van der Waals surface area contributed by atoms with Crippen molar-refractivity contribution < 1.29 is 16.8 Å². The van der Waals surface area contributed by atoms with Crippen molar-refractivity contribution in [1.29, 1.82) is 0 Å². The van der Waals surface area contributed by atoms with Gasteiger partial charge in [-0.25, -0.2) is 21.8 Å². The maximum atomic E-state index is 12.6. The van der Waals surface area contributed by atoms with Gasteiger partial charge in [0.2, 0.25) is 0 Å². The Labute approximate surface area is 143 Å². The van der Waals surface area contributed by atoms with Crippen molar-refractivity contribution in [2.75, 3.05) is 5.75 Å². The first kappa shape index (κ1) is 20.2. The highest BCUT2D eigenvalue weighted by molar-refractivity contribution is 7.96. The van der Waals surface area contributed by atoms with Gasteiger partial charge in [-0.2, -0.15) is 0 Å². The molecule has 2 aromatic heterocycles. The van der Waals surface area contributed by atoms with E-state index >= 15 is 0 Å². The monoisotopic (exact) mass is 370 g/mol. The van der Waals surface area contributed by atoms with Crippen LogP contribution in [0.5, 0.6) is 0 Å². The van der Waals surface area contributed by atoms with Gasteiger partial charge in [0, 0.05) is 24.2 Å². The molecule has 2 aromatic rings. The lowest BCUT2D eigenvalue weighted by Crippen LogP contribution is -2.15. The number of nitrogens with zero attached hydrogens (tertiary/aromatic N) is 2. The lowest BCUT2D eigenvalue weighted by molar-refractivity contribution is 0.582. The number of aromatic nitrogens is 2. The first-order valence-corrected chi connectivity index (χ1v) is 10.9. The zero-order valence-corrected chi connectivity index (χ0v) is 15.8. The molecule has 8 heteroatoms. The number of rotatable bonds is 2. The van der Waals surface area contributed by atoms with Crippen LogP contribution in [0.2, 0.25) is 0 Å². The molecule has 1 aliphatic heterocycles. The summed E-state index contributed by atoms with van der Waals surface area (Å²) >= 11 is 0. The van der Waals surface area contributed by atoms with Gasteiger partial charge in [-0.05, 0) is 18.2 Å². The van der Waals surface area contributed by atoms with Crippen LogP contribution in [0.1, 0.15) is 38.5 Å². The van der Waals surface area contributed by atoms with Gasteiger partial charge in [0.1, 0.15) is 5.25 Å². The molecule has 0 radical (unpaired) electrons. The summed E-state index contributed by atoms with van der Waals surface area (Å²) in [5, 5.41) is -1.25. The van der Waals surface area contributed by atoms with E-state index in [0.717, 1.165) is 0 Å². The summed E-state index contributed by atoms with van der Waals surface area (Å²) in [7, 11) is -7.43. The van der Waals surface area contributed by atoms with Crippen molar-refractivity contribution in [3.05, 3.63) is 48.4 Å². The molecule has 24 heavy (non-hydrogen) atoms. The average molecular weight is 370 g/mol. The van der Waals surface area contributed by atoms with E-state index in [2.05, 4.69) is 9.97 Å². The Balaban J connectivity index is 0.000000671. The normalized spacial score (nSPS) is 17.6. The molecule has 0 fully saturated rings. The Bertz CT molecular complexity index is 864. The molecule has 1 atom stereocenters.